The van der Waals surface area contributed by atoms with Gasteiger partial charge in [-0.1, -0.05) is 25.0 Å². The van der Waals surface area contributed by atoms with E-state index in [0.29, 0.717) is 36.5 Å². The molecule has 48 heavy (non-hydrogen) atoms. The predicted molar refractivity (Wildman–Crippen MR) is 174 cm³/mol. The highest BCUT2D eigenvalue weighted by Crippen LogP contribution is 2.40. The maximum atomic E-state index is 14.0. The Balaban J connectivity index is 1.10. The van der Waals surface area contributed by atoms with Gasteiger partial charge in [-0.05, 0) is 68.7 Å². The van der Waals surface area contributed by atoms with Crippen molar-refractivity contribution in [2.45, 2.75) is 101 Å². The van der Waals surface area contributed by atoms with Crippen molar-refractivity contribution in [1.29, 1.82) is 0 Å². The van der Waals surface area contributed by atoms with Crippen LogP contribution in [-0.2, 0) is 23.9 Å². The molecule has 5 N–H and O–H groups in total. The molecular weight excluding hydrogens is 640 g/mol. The summed E-state index contributed by atoms with van der Waals surface area (Å²) in [5.74, 6) is -1.26. The Labute approximate surface area is 282 Å². The van der Waals surface area contributed by atoms with Crippen molar-refractivity contribution in [3.63, 3.8) is 0 Å². The predicted octanol–water partition coefficient (Wildman–Crippen LogP) is 3.88. The van der Waals surface area contributed by atoms with Gasteiger partial charge in [0.1, 0.15) is 35.3 Å². The summed E-state index contributed by atoms with van der Waals surface area (Å²) in [4.78, 5) is 61.2. The number of nitrogens with zero attached hydrogens (tertiary/aromatic N) is 3. The van der Waals surface area contributed by atoms with Crippen LogP contribution in [0.3, 0.4) is 0 Å². The van der Waals surface area contributed by atoms with Crippen LogP contribution in [0.4, 0.5) is 4.79 Å². The number of likely N-dealkylation sites (tertiary alicyclic amines) is 1. The molecule has 0 radical (unpaired) electrons. The third-order valence-corrected chi connectivity index (χ3v) is 10.2. The van der Waals surface area contributed by atoms with Crippen LogP contribution in [-0.4, -0.2) is 74.7 Å². The number of alkyl carbamates (subject to hydrolysis) is 1. The molecule has 3 unspecified atom stereocenters. The van der Waals surface area contributed by atoms with Gasteiger partial charge in [0.15, 0.2) is 5.82 Å². The average Bonchev–Trinajstić information content (AvgIpc) is 3.63. The fraction of sp³-hybridized carbons (Fsp3) is 0.576. The van der Waals surface area contributed by atoms with Crippen molar-refractivity contribution in [3.8, 4) is 5.88 Å². The molecule has 2 aliphatic heterocycles. The fourth-order valence-corrected chi connectivity index (χ4v) is 7.35. The average molecular weight is 683 g/mol. The van der Waals surface area contributed by atoms with Crippen LogP contribution in [0.2, 0.25) is 0 Å². The second-order valence-corrected chi connectivity index (χ2v) is 13.7. The lowest BCUT2D eigenvalue weighted by Gasteiger charge is -2.28. The summed E-state index contributed by atoms with van der Waals surface area (Å²) in [5.41, 5.74) is 6.48. The summed E-state index contributed by atoms with van der Waals surface area (Å²) in [7, 11) is 0. The van der Waals surface area contributed by atoms with Crippen LogP contribution in [0.15, 0.2) is 36.1 Å². The first-order valence-corrected chi connectivity index (χ1v) is 17.6. The molecule has 3 fully saturated rings. The Kier molecular flexibility index (Phi) is 10.6. The Bertz CT molecular complexity index is 1550. The Morgan fingerprint density at radius 1 is 1.17 bits per heavy atom. The number of hydrogen-bond acceptors (Lipinski definition) is 11. The third kappa shape index (κ3) is 8.17. The first-order chi connectivity index (χ1) is 23.3. The molecule has 258 valence electrons. The first kappa shape index (κ1) is 33.5. The second kappa shape index (κ2) is 15.2. The van der Waals surface area contributed by atoms with E-state index >= 15 is 0 Å². The number of carbonyl (C=O) groups is 4. The topological polar surface area (TPSA) is 195 Å². The van der Waals surface area contributed by atoms with Crippen LogP contribution in [0, 0.1) is 11.8 Å². The van der Waals surface area contributed by atoms with Gasteiger partial charge in [-0.3, -0.25) is 14.4 Å². The van der Waals surface area contributed by atoms with Crippen molar-refractivity contribution in [2.24, 2.45) is 17.6 Å². The number of thiophene rings is 1. The van der Waals surface area contributed by atoms with Crippen molar-refractivity contribution in [1.82, 2.24) is 25.5 Å². The minimum atomic E-state index is -0.927. The number of nitrogens with two attached hydrogens (primary N) is 1. The molecule has 2 saturated carbocycles. The van der Waals surface area contributed by atoms with E-state index in [9.17, 15) is 19.2 Å². The Morgan fingerprint density at radius 2 is 2.00 bits per heavy atom. The van der Waals surface area contributed by atoms with E-state index in [1.54, 1.807) is 6.20 Å². The molecule has 3 amide bonds. The molecule has 1 saturated heterocycles. The highest BCUT2D eigenvalue weighted by atomic mass is 32.1. The van der Waals surface area contributed by atoms with Gasteiger partial charge in [0.05, 0.1) is 18.0 Å². The number of nitrogens with one attached hydrogen (secondary N) is 2. The number of carboxylic acid groups (broad SMARTS) is 1. The minimum absolute atomic E-state index is 0.0809. The molecule has 6 rings (SSSR count). The number of amides is 3. The van der Waals surface area contributed by atoms with Gasteiger partial charge in [-0.15, -0.1) is 11.3 Å². The smallest absolute Gasteiger partial charge is 0.408 e. The highest BCUT2D eigenvalue weighted by molar-refractivity contribution is 7.17. The second-order valence-electron chi connectivity index (χ2n) is 12.8. The summed E-state index contributed by atoms with van der Waals surface area (Å²) < 4.78 is 18.2. The first-order valence-electron chi connectivity index (χ1n) is 16.7. The molecule has 14 nitrogen and oxygen atoms in total. The van der Waals surface area contributed by atoms with Crippen LogP contribution in [0.5, 0.6) is 5.88 Å². The van der Waals surface area contributed by atoms with E-state index in [2.05, 4.69) is 20.6 Å². The normalized spacial score (nSPS) is 25.6. The lowest BCUT2D eigenvalue weighted by atomic mass is 10.0. The van der Waals surface area contributed by atoms with Crippen LogP contribution >= 0.6 is 11.3 Å². The quantitative estimate of drug-likeness (QED) is 0.157. The number of carbonyl (C=O) groups excluding carboxylic acids is 3. The maximum absolute atomic E-state index is 14.0. The molecule has 15 heteroatoms. The van der Waals surface area contributed by atoms with E-state index in [1.165, 1.54) is 22.5 Å². The monoisotopic (exact) mass is 682 g/mol. The molecule has 2 aromatic rings. The van der Waals surface area contributed by atoms with Crippen molar-refractivity contribution in [2.75, 3.05) is 6.54 Å². The van der Waals surface area contributed by atoms with E-state index in [4.69, 9.17) is 25.1 Å². The molecule has 0 aromatic carbocycles. The van der Waals surface area contributed by atoms with E-state index in [0.717, 1.165) is 49.6 Å². The number of unbranched alkanes of at least 4 members (excludes halogenated alkanes) is 3. The number of carboxylic acids is 1. The number of allylic oxidation sites excluding steroid dienone is 2. The summed E-state index contributed by atoms with van der Waals surface area (Å²) in [5, 5.41) is 16.8. The fourth-order valence-electron chi connectivity index (χ4n) is 6.59. The summed E-state index contributed by atoms with van der Waals surface area (Å²) in [6, 6.07) is 0.0190. The standard InChI is InChI=1S/C33H42N6O8S/c34-27(40)25-17-21(46-29-26-23(12-15-48-26)36-28(38-29)30-35-13-14-45-30)18-39(25)31(41)24(37-33(44)47-20-9-6-7-10-20)11-5-3-1-2-4-8-19-16-22(19)32(42)43/h4,8,12-15,19-22,24-25,30,35H,1-3,5-7,9-11,16-18H2,(H2,34,40)(H,37,44)(H,42,43)/b8-4-/t19-,21?,22+,24?,25+,30?/m1/s1. The van der Waals surface area contributed by atoms with Crippen LogP contribution < -0.4 is 21.1 Å². The molecule has 0 spiro atoms. The number of aliphatic carboxylic acids is 1. The molecule has 0 bridgehead atoms. The van der Waals surface area contributed by atoms with Crippen molar-refractivity contribution < 1.29 is 38.5 Å². The number of rotatable bonds is 15. The van der Waals surface area contributed by atoms with E-state index in [-0.39, 0.29) is 30.9 Å². The summed E-state index contributed by atoms with van der Waals surface area (Å²) in [6.45, 7) is 0.0809. The number of primary amides is 1. The third-order valence-electron chi connectivity index (χ3n) is 9.28. The zero-order chi connectivity index (χ0) is 33.6. The number of aromatic nitrogens is 2. The minimum Gasteiger partial charge on any atom is -0.481 e. The molecule has 4 aliphatic rings. The van der Waals surface area contributed by atoms with Gasteiger partial charge in [-0.25, -0.2) is 9.78 Å². The maximum Gasteiger partial charge on any atom is 0.408 e. The van der Waals surface area contributed by atoms with Gasteiger partial charge in [-0.2, -0.15) is 4.98 Å². The number of hydrogen-bond donors (Lipinski definition) is 4. The zero-order valence-electron chi connectivity index (χ0n) is 26.6. The van der Waals surface area contributed by atoms with Gasteiger partial charge in [0, 0.05) is 12.6 Å². The highest BCUT2D eigenvalue weighted by Gasteiger charge is 2.43. The van der Waals surface area contributed by atoms with Gasteiger partial charge < -0.3 is 40.6 Å². The van der Waals surface area contributed by atoms with E-state index < -0.39 is 48.3 Å². The van der Waals surface area contributed by atoms with Crippen molar-refractivity contribution >= 4 is 45.4 Å². The lowest BCUT2D eigenvalue weighted by molar-refractivity contribution is -0.139. The summed E-state index contributed by atoms with van der Waals surface area (Å²) >= 11 is 1.42. The van der Waals surface area contributed by atoms with Crippen LogP contribution in [0.25, 0.3) is 10.2 Å². The molecule has 2 aliphatic carbocycles. The lowest BCUT2D eigenvalue weighted by Crippen LogP contribution is -2.53. The van der Waals surface area contributed by atoms with Gasteiger partial charge in [0.2, 0.25) is 23.9 Å². The van der Waals surface area contributed by atoms with Gasteiger partial charge in [0.25, 0.3) is 0 Å². The zero-order valence-corrected chi connectivity index (χ0v) is 27.4. The SMILES string of the molecule is NC(=O)[C@@H]1CC(Oc2nc(C3NC=CO3)nc3ccsc23)CN1C(=O)C(CCCCC/C=C\[C@@H]1C[C@@H]1C(=O)O)NC(=O)OC1CCCC1. The van der Waals surface area contributed by atoms with Crippen LogP contribution in [0.1, 0.15) is 82.7 Å². The molecule has 2 aromatic heterocycles. The number of fused-ring (bicyclic) bond motifs is 1. The largest absolute Gasteiger partial charge is 0.481 e. The molecule has 6 atom stereocenters. The van der Waals surface area contributed by atoms with Gasteiger partial charge >= 0.3 is 12.1 Å². The summed E-state index contributed by atoms with van der Waals surface area (Å²) in [6.07, 6.45) is 13.1. The Morgan fingerprint density at radius 3 is 2.73 bits per heavy atom. The van der Waals surface area contributed by atoms with E-state index in [1.807, 2.05) is 23.6 Å². The molecular formula is C33H42N6O8S. The Hall–Kier alpha value is -4.40. The molecule has 4 heterocycles. The van der Waals surface area contributed by atoms with Crippen molar-refractivity contribution in [3.05, 3.63) is 41.9 Å². The number of ether oxygens (including phenoxy) is 3.